The number of halogens is 2. The van der Waals surface area contributed by atoms with Crippen LogP contribution in [0.2, 0.25) is 0 Å². The summed E-state index contributed by atoms with van der Waals surface area (Å²) >= 11 is 0. The maximum Gasteiger partial charge on any atom is 0.387 e. The van der Waals surface area contributed by atoms with E-state index in [4.69, 9.17) is 4.74 Å². The SMILES string of the molecule is CCCC1Oc2cccc(OC(F)F)c2-c2ccc(NS(C)(=O)=O)cc21. The van der Waals surface area contributed by atoms with E-state index in [0.29, 0.717) is 29.0 Å². The lowest BCUT2D eigenvalue weighted by Gasteiger charge is -2.30. The topological polar surface area (TPSA) is 64.6 Å². The van der Waals surface area contributed by atoms with Crippen molar-refractivity contribution in [2.75, 3.05) is 11.0 Å². The summed E-state index contributed by atoms with van der Waals surface area (Å²) in [5.74, 6) is 0.496. The van der Waals surface area contributed by atoms with Crippen molar-refractivity contribution in [2.24, 2.45) is 0 Å². The van der Waals surface area contributed by atoms with E-state index in [1.165, 1.54) is 6.07 Å². The van der Waals surface area contributed by atoms with E-state index in [1.807, 2.05) is 6.92 Å². The second-order valence-corrected chi connectivity index (χ2v) is 7.83. The van der Waals surface area contributed by atoms with Gasteiger partial charge >= 0.3 is 6.61 Å². The summed E-state index contributed by atoms with van der Waals surface area (Å²) in [4.78, 5) is 0. The van der Waals surface area contributed by atoms with Crippen LogP contribution in [-0.2, 0) is 10.0 Å². The lowest BCUT2D eigenvalue weighted by molar-refractivity contribution is -0.0496. The van der Waals surface area contributed by atoms with E-state index >= 15 is 0 Å². The summed E-state index contributed by atoms with van der Waals surface area (Å²) in [5, 5.41) is 0. The Bertz CT molecular complexity index is 915. The molecule has 0 bridgehead atoms. The van der Waals surface area contributed by atoms with Crippen LogP contribution in [-0.4, -0.2) is 21.3 Å². The first-order chi connectivity index (χ1) is 12.3. The first-order valence-electron chi connectivity index (χ1n) is 8.15. The summed E-state index contributed by atoms with van der Waals surface area (Å²) in [5.41, 5.74) is 2.27. The van der Waals surface area contributed by atoms with E-state index in [2.05, 4.69) is 9.46 Å². The van der Waals surface area contributed by atoms with Crippen LogP contribution >= 0.6 is 0 Å². The molecule has 5 nitrogen and oxygen atoms in total. The Balaban J connectivity index is 2.14. The number of benzene rings is 2. The van der Waals surface area contributed by atoms with Gasteiger partial charge in [-0.15, -0.1) is 0 Å². The Labute approximate surface area is 151 Å². The zero-order valence-corrected chi connectivity index (χ0v) is 15.1. The van der Waals surface area contributed by atoms with Crippen molar-refractivity contribution >= 4 is 15.7 Å². The Morgan fingerprint density at radius 1 is 1.27 bits per heavy atom. The molecule has 0 aliphatic carbocycles. The highest BCUT2D eigenvalue weighted by Crippen LogP contribution is 2.49. The highest BCUT2D eigenvalue weighted by atomic mass is 32.2. The van der Waals surface area contributed by atoms with Crippen molar-refractivity contribution < 1.29 is 26.7 Å². The van der Waals surface area contributed by atoms with E-state index in [-0.39, 0.29) is 11.9 Å². The molecule has 1 aliphatic heterocycles. The van der Waals surface area contributed by atoms with Crippen LogP contribution in [0.3, 0.4) is 0 Å². The third-order valence-corrected chi connectivity index (χ3v) is 4.60. The first-order valence-corrected chi connectivity index (χ1v) is 10.0. The highest BCUT2D eigenvalue weighted by molar-refractivity contribution is 7.92. The number of anilines is 1. The average Bonchev–Trinajstić information content (AvgIpc) is 2.53. The number of alkyl halides is 2. The number of fused-ring (bicyclic) bond motifs is 3. The monoisotopic (exact) mass is 383 g/mol. The molecule has 2 aromatic rings. The summed E-state index contributed by atoms with van der Waals surface area (Å²) in [6, 6.07) is 9.74. The molecule has 26 heavy (non-hydrogen) atoms. The molecule has 1 aliphatic rings. The largest absolute Gasteiger partial charge is 0.485 e. The maximum atomic E-state index is 12.8. The average molecular weight is 383 g/mol. The van der Waals surface area contributed by atoms with Crippen LogP contribution in [0, 0.1) is 0 Å². The second kappa shape index (κ2) is 7.11. The van der Waals surface area contributed by atoms with E-state index in [1.54, 1.807) is 30.3 Å². The predicted molar refractivity (Wildman–Crippen MR) is 95.3 cm³/mol. The Hall–Kier alpha value is -2.35. The molecular weight excluding hydrogens is 364 g/mol. The Morgan fingerprint density at radius 2 is 2.04 bits per heavy atom. The Kier molecular flexibility index (Phi) is 5.04. The fraction of sp³-hybridized carbons (Fsp3) is 0.333. The molecule has 1 unspecified atom stereocenters. The van der Waals surface area contributed by atoms with Gasteiger partial charge in [0.15, 0.2) is 0 Å². The van der Waals surface area contributed by atoms with Crippen LogP contribution in [0.15, 0.2) is 36.4 Å². The molecule has 0 saturated carbocycles. The van der Waals surface area contributed by atoms with Gasteiger partial charge in [0, 0.05) is 11.3 Å². The minimum atomic E-state index is -3.43. The third kappa shape index (κ3) is 3.90. The zero-order chi connectivity index (χ0) is 18.9. The maximum absolute atomic E-state index is 12.8. The van der Waals surface area contributed by atoms with E-state index < -0.39 is 16.6 Å². The van der Waals surface area contributed by atoms with Crippen molar-refractivity contribution in [1.29, 1.82) is 0 Å². The standard InChI is InChI=1S/C18H19F2NO4S/c1-3-5-14-13-10-11(21-26(2,22)23)8-9-12(13)17-15(24-14)6-4-7-16(17)25-18(19)20/h4,6-10,14,18,21H,3,5H2,1-2H3. The highest BCUT2D eigenvalue weighted by Gasteiger charge is 2.29. The van der Waals surface area contributed by atoms with Crippen molar-refractivity contribution in [2.45, 2.75) is 32.5 Å². The molecule has 0 saturated heterocycles. The van der Waals surface area contributed by atoms with Gasteiger partial charge in [-0.25, -0.2) is 8.42 Å². The van der Waals surface area contributed by atoms with Crippen LogP contribution in [0.1, 0.15) is 31.4 Å². The van der Waals surface area contributed by atoms with Crippen LogP contribution in [0.4, 0.5) is 14.5 Å². The van der Waals surface area contributed by atoms with Gasteiger partial charge in [-0.05, 0) is 36.2 Å². The predicted octanol–water partition coefficient (Wildman–Crippen LogP) is 4.56. The molecule has 0 amide bonds. The molecule has 0 fully saturated rings. The lowest BCUT2D eigenvalue weighted by Crippen LogP contribution is -2.16. The number of hydrogen-bond acceptors (Lipinski definition) is 4. The number of ether oxygens (including phenoxy) is 2. The summed E-state index contributed by atoms with van der Waals surface area (Å²) < 4.78 is 61.6. The number of nitrogens with one attached hydrogen (secondary N) is 1. The van der Waals surface area contributed by atoms with E-state index in [9.17, 15) is 17.2 Å². The molecule has 1 atom stereocenters. The van der Waals surface area contributed by atoms with Gasteiger partial charge < -0.3 is 9.47 Å². The van der Waals surface area contributed by atoms with Crippen molar-refractivity contribution in [3.63, 3.8) is 0 Å². The number of rotatable bonds is 6. The minimum absolute atomic E-state index is 0.0255. The molecule has 140 valence electrons. The van der Waals surface area contributed by atoms with Crippen molar-refractivity contribution in [1.82, 2.24) is 0 Å². The molecule has 0 radical (unpaired) electrons. The number of sulfonamides is 1. The minimum Gasteiger partial charge on any atom is -0.485 e. The van der Waals surface area contributed by atoms with Gasteiger partial charge in [-0.3, -0.25) is 4.72 Å². The first kappa shape index (κ1) is 18.4. The van der Waals surface area contributed by atoms with Crippen LogP contribution in [0.25, 0.3) is 11.1 Å². The zero-order valence-electron chi connectivity index (χ0n) is 14.3. The Morgan fingerprint density at radius 3 is 2.69 bits per heavy atom. The molecule has 1 heterocycles. The van der Waals surface area contributed by atoms with Gasteiger partial charge in [0.2, 0.25) is 10.0 Å². The summed E-state index contributed by atoms with van der Waals surface area (Å²) in [6.45, 7) is -0.947. The summed E-state index contributed by atoms with van der Waals surface area (Å²) in [7, 11) is -3.43. The van der Waals surface area contributed by atoms with Gasteiger partial charge in [0.1, 0.15) is 17.6 Å². The quantitative estimate of drug-likeness (QED) is 0.794. The van der Waals surface area contributed by atoms with Crippen molar-refractivity contribution in [3.05, 3.63) is 42.0 Å². The fourth-order valence-corrected chi connectivity index (χ4v) is 3.65. The van der Waals surface area contributed by atoms with Gasteiger partial charge in [0.05, 0.1) is 11.8 Å². The van der Waals surface area contributed by atoms with Gasteiger partial charge in [-0.1, -0.05) is 25.5 Å². The normalized spacial score (nSPS) is 15.8. The van der Waals surface area contributed by atoms with Gasteiger partial charge in [-0.2, -0.15) is 8.78 Å². The molecule has 2 aromatic carbocycles. The third-order valence-electron chi connectivity index (χ3n) is 4.00. The fourth-order valence-electron chi connectivity index (χ4n) is 3.10. The van der Waals surface area contributed by atoms with Crippen LogP contribution in [0.5, 0.6) is 11.5 Å². The molecule has 3 rings (SSSR count). The number of hydrogen-bond donors (Lipinski definition) is 1. The molecule has 1 N–H and O–H groups in total. The molecule has 8 heteroatoms. The van der Waals surface area contributed by atoms with Crippen LogP contribution < -0.4 is 14.2 Å². The van der Waals surface area contributed by atoms with E-state index in [0.717, 1.165) is 18.2 Å². The lowest BCUT2D eigenvalue weighted by atomic mass is 9.90. The smallest absolute Gasteiger partial charge is 0.387 e. The molecule has 0 spiro atoms. The molecule has 0 aromatic heterocycles. The second-order valence-electron chi connectivity index (χ2n) is 6.08. The molecular formula is C18H19F2NO4S. The van der Waals surface area contributed by atoms with Gasteiger partial charge in [0.25, 0.3) is 0 Å². The van der Waals surface area contributed by atoms with Crippen molar-refractivity contribution in [3.8, 4) is 22.6 Å². The summed E-state index contributed by atoms with van der Waals surface area (Å²) in [6.07, 6.45) is 2.31.